The summed E-state index contributed by atoms with van der Waals surface area (Å²) in [4.78, 5) is 25.3. The molecule has 1 aromatic carbocycles. The molecule has 0 aromatic heterocycles. The van der Waals surface area contributed by atoms with Gasteiger partial charge in [-0.2, -0.15) is 0 Å². The topological polar surface area (TPSA) is 46.6 Å². The second-order valence-electron chi connectivity index (χ2n) is 4.86. The molecule has 0 saturated carbocycles. The molecule has 0 amide bonds. The summed E-state index contributed by atoms with van der Waals surface area (Å²) in [7, 11) is 0. The molecule has 0 radical (unpaired) electrons. The molecule has 0 bridgehead atoms. The van der Waals surface area contributed by atoms with Crippen LogP contribution in [-0.2, 0) is 20.9 Å². The third kappa shape index (κ3) is 3.20. The number of carbonyl (C=O) groups is 2. The highest BCUT2D eigenvalue weighted by molar-refractivity contribution is 5.90. The molecule has 102 valence electrons. The molecular formula is C15H19NO3. The van der Waals surface area contributed by atoms with Crippen molar-refractivity contribution in [2.75, 3.05) is 6.54 Å². The van der Waals surface area contributed by atoms with Gasteiger partial charge in [0.05, 0.1) is 12.6 Å². The first kappa shape index (κ1) is 13.7. The first-order valence-electron chi connectivity index (χ1n) is 6.62. The van der Waals surface area contributed by atoms with Crippen LogP contribution in [0.1, 0.15) is 25.8 Å². The Morgan fingerprint density at radius 2 is 2.05 bits per heavy atom. The van der Waals surface area contributed by atoms with Gasteiger partial charge < -0.3 is 4.74 Å². The van der Waals surface area contributed by atoms with E-state index in [1.807, 2.05) is 42.2 Å². The summed E-state index contributed by atoms with van der Waals surface area (Å²) in [5.74, 6) is -0.322. The Morgan fingerprint density at radius 3 is 2.68 bits per heavy atom. The highest BCUT2D eigenvalue weighted by atomic mass is 16.5. The molecule has 4 heteroatoms. The Hall–Kier alpha value is -1.68. The van der Waals surface area contributed by atoms with Crippen LogP contribution in [0.2, 0.25) is 0 Å². The Kier molecular flexibility index (Phi) is 4.32. The lowest BCUT2D eigenvalue weighted by Gasteiger charge is -2.23. The largest absolute Gasteiger partial charge is 0.453 e. The minimum Gasteiger partial charge on any atom is -0.453 e. The molecule has 0 spiro atoms. The van der Waals surface area contributed by atoms with Crippen LogP contribution in [0.25, 0.3) is 0 Å². The van der Waals surface area contributed by atoms with E-state index in [-0.39, 0.29) is 17.8 Å². The normalized spacial score (nSPS) is 23.6. The van der Waals surface area contributed by atoms with Gasteiger partial charge in [-0.05, 0) is 12.5 Å². The number of carbonyl (C=O) groups excluding carboxylic acids is 2. The molecular weight excluding hydrogens is 242 g/mol. The average Bonchev–Trinajstić information content (AvgIpc) is 2.67. The predicted octanol–water partition coefficient (Wildman–Crippen LogP) is 1.78. The summed E-state index contributed by atoms with van der Waals surface area (Å²) >= 11 is 0. The van der Waals surface area contributed by atoms with Crippen molar-refractivity contribution in [3.8, 4) is 0 Å². The molecule has 1 aliphatic rings. The minimum absolute atomic E-state index is 0.00905. The predicted molar refractivity (Wildman–Crippen MR) is 71.5 cm³/mol. The van der Waals surface area contributed by atoms with Crippen LogP contribution in [0.4, 0.5) is 0 Å². The lowest BCUT2D eigenvalue weighted by atomic mass is 10.1. The van der Waals surface area contributed by atoms with Gasteiger partial charge >= 0.3 is 5.97 Å². The third-order valence-electron chi connectivity index (χ3n) is 3.47. The van der Waals surface area contributed by atoms with Gasteiger partial charge in [0.15, 0.2) is 11.9 Å². The van der Waals surface area contributed by atoms with Gasteiger partial charge in [0.25, 0.3) is 0 Å². The van der Waals surface area contributed by atoms with Crippen LogP contribution in [0.15, 0.2) is 30.3 Å². The van der Waals surface area contributed by atoms with Gasteiger partial charge in [-0.3, -0.25) is 14.5 Å². The van der Waals surface area contributed by atoms with Crippen LogP contribution in [0.5, 0.6) is 0 Å². The number of nitrogens with zero attached hydrogens (tertiary/aromatic N) is 1. The molecule has 2 atom stereocenters. The number of ether oxygens (including phenoxy) is 1. The first-order chi connectivity index (χ1) is 9.11. The van der Waals surface area contributed by atoms with Gasteiger partial charge in [-0.25, -0.2) is 0 Å². The maximum absolute atomic E-state index is 11.9. The van der Waals surface area contributed by atoms with E-state index in [9.17, 15) is 9.59 Å². The zero-order chi connectivity index (χ0) is 13.8. The maximum Gasteiger partial charge on any atom is 0.306 e. The Labute approximate surface area is 113 Å². The van der Waals surface area contributed by atoms with Gasteiger partial charge in [0.1, 0.15) is 0 Å². The van der Waals surface area contributed by atoms with Crippen molar-refractivity contribution in [1.29, 1.82) is 0 Å². The third-order valence-corrected chi connectivity index (χ3v) is 3.47. The van der Waals surface area contributed by atoms with E-state index in [2.05, 4.69) is 0 Å². The van der Waals surface area contributed by atoms with E-state index >= 15 is 0 Å². The number of rotatable bonds is 4. The highest BCUT2D eigenvalue weighted by Crippen LogP contribution is 2.20. The summed E-state index contributed by atoms with van der Waals surface area (Å²) in [6, 6.07) is 9.92. The smallest absolute Gasteiger partial charge is 0.306 e. The molecule has 1 aliphatic heterocycles. The second kappa shape index (κ2) is 5.97. The van der Waals surface area contributed by atoms with E-state index in [0.717, 1.165) is 5.56 Å². The van der Waals surface area contributed by atoms with Crippen molar-refractivity contribution in [1.82, 2.24) is 4.90 Å². The van der Waals surface area contributed by atoms with Crippen LogP contribution in [-0.4, -0.2) is 35.3 Å². The lowest BCUT2D eigenvalue weighted by Crippen LogP contribution is -2.35. The lowest BCUT2D eigenvalue weighted by molar-refractivity contribution is -0.154. The van der Waals surface area contributed by atoms with Crippen LogP contribution in [0, 0.1) is 0 Å². The molecule has 1 aromatic rings. The van der Waals surface area contributed by atoms with Crippen molar-refractivity contribution in [2.45, 2.75) is 39.0 Å². The quantitative estimate of drug-likeness (QED) is 0.775. The summed E-state index contributed by atoms with van der Waals surface area (Å²) in [6.07, 6.45) is -0.314. The Balaban J connectivity index is 2.01. The number of Topliss-reactive ketones (excluding diaryl/α,β-unsaturated/α-hetero) is 1. The zero-order valence-electron chi connectivity index (χ0n) is 11.3. The molecule has 4 nitrogen and oxygen atoms in total. The van der Waals surface area contributed by atoms with Crippen LogP contribution in [0.3, 0.4) is 0 Å². The number of esters is 1. The number of hydrogen-bond donors (Lipinski definition) is 0. The van der Waals surface area contributed by atoms with Gasteiger partial charge in [0, 0.05) is 13.0 Å². The van der Waals surface area contributed by atoms with Crippen molar-refractivity contribution >= 4 is 11.8 Å². The molecule has 2 rings (SSSR count). The number of benzene rings is 1. The molecule has 19 heavy (non-hydrogen) atoms. The summed E-state index contributed by atoms with van der Waals surface area (Å²) in [5.41, 5.74) is 1.16. The highest BCUT2D eigenvalue weighted by Gasteiger charge is 2.40. The van der Waals surface area contributed by atoms with Crippen molar-refractivity contribution in [2.24, 2.45) is 0 Å². The van der Waals surface area contributed by atoms with E-state index in [0.29, 0.717) is 19.5 Å². The SMILES string of the molecule is CCC(=O)OC1C(=O)CN(Cc2ccccc2)C1C. The van der Waals surface area contributed by atoms with Crippen molar-refractivity contribution < 1.29 is 14.3 Å². The van der Waals surface area contributed by atoms with E-state index in [4.69, 9.17) is 4.74 Å². The molecule has 0 aliphatic carbocycles. The molecule has 1 heterocycles. The number of ketones is 1. The van der Waals surface area contributed by atoms with Crippen LogP contribution >= 0.6 is 0 Å². The second-order valence-corrected chi connectivity index (χ2v) is 4.86. The van der Waals surface area contributed by atoms with Gasteiger partial charge in [-0.1, -0.05) is 37.3 Å². The molecule has 2 unspecified atom stereocenters. The molecule has 1 saturated heterocycles. The van der Waals surface area contributed by atoms with Gasteiger partial charge in [0.2, 0.25) is 0 Å². The van der Waals surface area contributed by atoms with Gasteiger partial charge in [-0.15, -0.1) is 0 Å². The maximum atomic E-state index is 11.9. The standard InChI is InChI=1S/C15H19NO3/c1-3-14(18)19-15-11(2)16(10-13(15)17)9-12-7-5-4-6-8-12/h4-8,11,15H,3,9-10H2,1-2H3. The monoisotopic (exact) mass is 261 g/mol. The molecule has 1 fully saturated rings. The van der Waals surface area contributed by atoms with Crippen LogP contribution < -0.4 is 0 Å². The van der Waals surface area contributed by atoms with Crippen molar-refractivity contribution in [3.63, 3.8) is 0 Å². The van der Waals surface area contributed by atoms with E-state index in [1.165, 1.54) is 0 Å². The minimum atomic E-state index is -0.615. The number of likely N-dealkylation sites (tertiary alicyclic amines) is 1. The molecule has 0 N–H and O–H groups in total. The fourth-order valence-electron chi connectivity index (χ4n) is 2.30. The summed E-state index contributed by atoms with van der Waals surface area (Å²) < 4.78 is 5.22. The number of hydrogen-bond acceptors (Lipinski definition) is 4. The fourth-order valence-corrected chi connectivity index (χ4v) is 2.30. The Morgan fingerprint density at radius 1 is 1.37 bits per heavy atom. The summed E-state index contributed by atoms with van der Waals surface area (Å²) in [5, 5.41) is 0. The summed E-state index contributed by atoms with van der Waals surface area (Å²) in [6.45, 7) is 4.71. The Bertz CT molecular complexity index is 458. The van der Waals surface area contributed by atoms with E-state index in [1.54, 1.807) is 6.92 Å². The fraction of sp³-hybridized carbons (Fsp3) is 0.467. The van der Waals surface area contributed by atoms with Crippen molar-refractivity contribution in [3.05, 3.63) is 35.9 Å². The zero-order valence-corrected chi connectivity index (χ0v) is 11.3. The average molecular weight is 261 g/mol. The first-order valence-corrected chi connectivity index (χ1v) is 6.62. The van der Waals surface area contributed by atoms with E-state index < -0.39 is 6.10 Å².